The van der Waals surface area contributed by atoms with Gasteiger partial charge >= 0.3 is 6.18 Å². The normalized spacial score (nSPS) is 17.0. The number of carbonyl (C=O) groups is 1. The Morgan fingerprint density at radius 3 is 2.27 bits per heavy atom. The minimum absolute atomic E-state index is 0.118. The van der Waals surface area contributed by atoms with E-state index in [0.717, 1.165) is 62.1 Å². The summed E-state index contributed by atoms with van der Waals surface area (Å²) in [5.41, 5.74) is 4.36. The highest BCUT2D eigenvalue weighted by atomic mass is 79.9. The van der Waals surface area contributed by atoms with Crippen LogP contribution in [0.5, 0.6) is 5.75 Å². The first-order valence-electron chi connectivity index (χ1n) is 24.5. The first-order chi connectivity index (χ1) is 35.3. The van der Waals surface area contributed by atoms with Gasteiger partial charge in [-0.15, -0.1) is 0 Å². The molecule has 0 unspecified atom stereocenters. The van der Waals surface area contributed by atoms with E-state index in [0.29, 0.717) is 97.0 Å². The number of aryl methyl sites for hydroxylation is 1. The van der Waals surface area contributed by atoms with Crippen molar-refractivity contribution in [3.8, 4) is 17.1 Å². The number of nitrogens with zero attached hydrogens (tertiary/aromatic N) is 8. The highest BCUT2D eigenvalue weighted by Crippen LogP contribution is 2.36. The van der Waals surface area contributed by atoms with Crippen LogP contribution >= 0.6 is 15.9 Å². The number of ether oxygens (including phenoxy) is 4. The predicted octanol–water partition coefficient (Wildman–Crippen LogP) is 6.65. The van der Waals surface area contributed by atoms with Gasteiger partial charge in [-0.05, 0) is 122 Å². The molecule has 2 saturated heterocycles. The molecule has 2 aromatic carbocycles. The lowest BCUT2D eigenvalue weighted by atomic mass is 9.87. The summed E-state index contributed by atoms with van der Waals surface area (Å²) in [6, 6.07) is 20.6. The first kappa shape index (κ1) is 53.3. The molecule has 0 radical (unpaired) electrons. The standard InChI is InChI=1S/C51H64BrF3N12O6/c1-63-17-13-38(14-18-63)60-42-5-4-6-45-41(42)28-46(67(45)33-51(53,54)55)43-15-19-66(62-43)34-58-47-12-11-40(29-57-47)73-26-25-72-24-23-71-22-21-70-20-16-56-49(68)36-9-7-35(8-10-36)37-27-39(32-64(2)31-37)61-44-30-59-65(3)50(69)48(44)52/h4-12,15,19,28-30,37-39,60-61H,13-14,16-18,20-27,31-34H2,1-3H3,(H,56,68)(H,57,58)/t37-,39+/m0/s1. The van der Waals surface area contributed by atoms with Gasteiger partial charge in [0, 0.05) is 61.6 Å². The molecule has 2 fully saturated rings. The number of amides is 1. The van der Waals surface area contributed by atoms with Gasteiger partial charge in [-0.25, -0.2) is 9.67 Å². The van der Waals surface area contributed by atoms with Gasteiger partial charge in [-0.3, -0.25) is 14.3 Å². The number of halogens is 4. The maximum absolute atomic E-state index is 13.9. The molecule has 2 aliphatic rings. The molecule has 18 nitrogen and oxygen atoms in total. The van der Waals surface area contributed by atoms with Crippen molar-refractivity contribution < 1.29 is 36.9 Å². The Balaban J connectivity index is 0.669. The zero-order chi connectivity index (χ0) is 51.3. The number of pyridine rings is 1. The summed E-state index contributed by atoms with van der Waals surface area (Å²) in [6.07, 6.45) is 3.36. The third kappa shape index (κ3) is 15.0. The van der Waals surface area contributed by atoms with Crippen LogP contribution in [0, 0.1) is 0 Å². The lowest BCUT2D eigenvalue weighted by molar-refractivity contribution is -0.139. The van der Waals surface area contributed by atoms with Gasteiger partial charge in [-0.2, -0.15) is 23.4 Å². The zero-order valence-electron chi connectivity index (χ0n) is 41.4. The highest BCUT2D eigenvalue weighted by Gasteiger charge is 2.31. The number of anilines is 3. The number of likely N-dealkylation sites (tertiary alicyclic amines) is 2. The lowest BCUT2D eigenvalue weighted by Crippen LogP contribution is -2.43. The number of rotatable bonds is 24. The van der Waals surface area contributed by atoms with E-state index < -0.39 is 12.7 Å². The predicted molar refractivity (Wildman–Crippen MR) is 277 cm³/mol. The summed E-state index contributed by atoms with van der Waals surface area (Å²) >= 11 is 3.41. The SMILES string of the molecule is CN1CCC(Nc2cccc3c2cc(-c2ccn(CNc4ccc(OCCOCCOCCOCCNC(=O)c5ccc([C@H]6C[C@@H](Nc7cnn(C)c(=O)c7Br)CN(C)C6)cc5)cn4)n2)n3CC(F)(F)F)CC1. The van der Waals surface area contributed by atoms with E-state index in [9.17, 15) is 22.8 Å². The smallest absolute Gasteiger partial charge is 0.406 e. The molecule has 2 atom stereocenters. The summed E-state index contributed by atoms with van der Waals surface area (Å²) in [6.45, 7) is 5.69. The topological polar surface area (TPSA) is 179 Å². The number of nitrogens with one attached hydrogen (secondary N) is 4. The Kier molecular flexibility index (Phi) is 18.4. The summed E-state index contributed by atoms with van der Waals surface area (Å²) in [5, 5.41) is 22.7. The second-order valence-corrected chi connectivity index (χ2v) is 19.3. The van der Waals surface area contributed by atoms with Crippen molar-refractivity contribution in [2.45, 2.75) is 56.7 Å². The van der Waals surface area contributed by atoms with E-state index >= 15 is 0 Å². The van der Waals surface area contributed by atoms with E-state index in [2.05, 4.69) is 76.3 Å². The maximum Gasteiger partial charge on any atom is 0.406 e. The number of hydrogen-bond donors (Lipinski definition) is 4. The molecule has 4 aromatic heterocycles. The lowest BCUT2D eigenvalue weighted by Gasteiger charge is -2.37. The van der Waals surface area contributed by atoms with E-state index in [-0.39, 0.29) is 36.1 Å². The van der Waals surface area contributed by atoms with Gasteiger partial charge in [0.05, 0.1) is 68.9 Å². The van der Waals surface area contributed by atoms with Crippen molar-refractivity contribution in [3.05, 3.63) is 111 Å². The largest absolute Gasteiger partial charge is 0.490 e. The Hall–Kier alpha value is -6.04. The second kappa shape index (κ2) is 25.3. The fourth-order valence-electron chi connectivity index (χ4n) is 9.17. The summed E-state index contributed by atoms with van der Waals surface area (Å²) < 4.78 is 69.0. The number of benzene rings is 2. The van der Waals surface area contributed by atoms with E-state index in [4.69, 9.17) is 18.9 Å². The van der Waals surface area contributed by atoms with Gasteiger partial charge in [0.15, 0.2) is 0 Å². The van der Waals surface area contributed by atoms with Crippen LogP contribution in [0.1, 0.15) is 41.1 Å². The number of alkyl halides is 3. The maximum atomic E-state index is 13.9. The average molecular weight is 1080 g/mol. The molecule has 73 heavy (non-hydrogen) atoms. The van der Waals surface area contributed by atoms with Crippen LogP contribution in [-0.2, 0) is 34.5 Å². The van der Waals surface area contributed by atoms with Gasteiger partial charge in [0.1, 0.15) is 41.6 Å². The first-order valence-corrected chi connectivity index (χ1v) is 25.3. The molecule has 392 valence electrons. The van der Waals surface area contributed by atoms with Gasteiger partial charge in [0.25, 0.3) is 11.5 Å². The van der Waals surface area contributed by atoms with Crippen molar-refractivity contribution >= 4 is 49.9 Å². The Labute approximate surface area is 430 Å². The molecular weight excluding hydrogens is 1010 g/mol. The Morgan fingerprint density at radius 1 is 0.822 bits per heavy atom. The molecule has 22 heteroatoms. The molecule has 4 N–H and O–H groups in total. The molecule has 1 amide bonds. The van der Waals surface area contributed by atoms with Crippen molar-refractivity contribution in [1.29, 1.82) is 0 Å². The van der Waals surface area contributed by atoms with Crippen LogP contribution in [0.15, 0.2) is 94.6 Å². The van der Waals surface area contributed by atoms with Crippen molar-refractivity contribution in [3.63, 3.8) is 0 Å². The van der Waals surface area contributed by atoms with Crippen LogP contribution < -0.4 is 31.6 Å². The third-order valence-electron chi connectivity index (χ3n) is 12.9. The fraction of sp³-hybridized carbons (Fsp3) is 0.471. The van der Waals surface area contributed by atoms with Crippen LogP contribution in [0.3, 0.4) is 0 Å². The number of likely N-dealkylation sites (N-methyl/N-ethyl adjacent to an activating group) is 1. The molecule has 0 spiro atoms. The summed E-state index contributed by atoms with van der Waals surface area (Å²) in [4.78, 5) is 34.1. The van der Waals surface area contributed by atoms with Crippen molar-refractivity contribution in [2.75, 3.05) is 109 Å². The van der Waals surface area contributed by atoms with Crippen LogP contribution in [0.25, 0.3) is 22.3 Å². The fourth-order valence-corrected chi connectivity index (χ4v) is 9.64. The van der Waals surface area contributed by atoms with Crippen molar-refractivity contribution in [1.82, 2.24) is 44.2 Å². The quantitative estimate of drug-likeness (QED) is 0.0474. The van der Waals surface area contributed by atoms with Gasteiger partial charge < -0.3 is 54.6 Å². The van der Waals surface area contributed by atoms with Crippen LogP contribution in [-0.4, -0.2) is 156 Å². The molecule has 2 aliphatic heterocycles. The Bertz CT molecular complexity index is 2780. The minimum Gasteiger partial charge on any atom is -0.490 e. The molecular formula is C51H64BrF3N12O6. The number of piperidine rings is 2. The molecule has 6 aromatic rings. The summed E-state index contributed by atoms with van der Waals surface area (Å²) in [7, 11) is 5.79. The van der Waals surface area contributed by atoms with E-state index in [1.54, 1.807) is 66.7 Å². The van der Waals surface area contributed by atoms with Gasteiger partial charge in [0.2, 0.25) is 0 Å². The zero-order valence-corrected chi connectivity index (χ0v) is 43.0. The minimum atomic E-state index is -4.42. The molecule has 8 rings (SSSR count). The average Bonchev–Trinajstić information content (AvgIpc) is 4.00. The van der Waals surface area contributed by atoms with Crippen molar-refractivity contribution in [2.24, 2.45) is 7.05 Å². The van der Waals surface area contributed by atoms with E-state index in [1.807, 2.05) is 30.3 Å². The Morgan fingerprint density at radius 2 is 1.55 bits per heavy atom. The van der Waals surface area contributed by atoms with Crippen LogP contribution in [0.2, 0.25) is 0 Å². The van der Waals surface area contributed by atoms with Crippen LogP contribution in [0.4, 0.5) is 30.4 Å². The monoisotopic (exact) mass is 1080 g/mol. The second-order valence-electron chi connectivity index (χ2n) is 18.5. The third-order valence-corrected chi connectivity index (χ3v) is 13.7. The highest BCUT2D eigenvalue weighted by molar-refractivity contribution is 9.10. The number of carbonyl (C=O) groups excluding carboxylic acids is 1. The molecule has 0 bridgehead atoms. The van der Waals surface area contributed by atoms with Gasteiger partial charge in [-0.1, -0.05) is 18.2 Å². The summed E-state index contributed by atoms with van der Waals surface area (Å²) in [5.74, 6) is 1.23. The van der Waals surface area contributed by atoms with E-state index in [1.165, 1.54) is 9.25 Å². The molecule has 0 saturated carbocycles. The number of hydrogen-bond acceptors (Lipinski definition) is 14. The molecule has 6 heterocycles. The number of aromatic nitrogens is 6. The molecule has 0 aliphatic carbocycles. The number of fused-ring (bicyclic) bond motifs is 1.